The number of hydrogen-bond acceptors (Lipinski definition) is 5. The van der Waals surface area contributed by atoms with Crippen LogP contribution in [0.5, 0.6) is 17.2 Å². The first-order chi connectivity index (χ1) is 14.8. The Bertz CT molecular complexity index is 933. The second-order valence-electron chi connectivity index (χ2n) is 7.78. The molecule has 0 aromatic heterocycles. The third-order valence-corrected chi connectivity index (χ3v) is 5.31. The molecule has 0 aliphatic carbocycles. The molecule has 0 spiro atoms. The normalized spacial score (nSPS) is 21.2. The van der Waals surface area contributed by atoms with Gasteiger partial charge in [-0.2, -0.15) is 0 Å². The number of alkyl halides is 3. The number of carbonyl (C=O) groups is 1. The second-order valence-corrected chi connectivity index (χ2v) is 7.78. The number of nitrogens with zero attached hydrogens (tertiary/aromatic N) is 1. The van der Waals surface area contributed by atoms with Gasteiger partial charge in [0.05, 0.1) is 6.04 Å². The van der Waals surface area contributed by atoms with Gasteiger partial charge in [-0.15, -0.1) is 13.2 Å². The van der Waals surface area contributed by atoms with Crippen LogP contribution in [-0.2, 0) is 6.42 Å². The summed E-state index contributed by atoms with van der Waals surface area (Å²) in [6.07, 6.45) is -3.17. The number of ether oxygens (including phenoxy) is 3. The van der Waals surface area contributed by atoms with Crippen molar-refractivity contribution in [1.29, 1.82) is 0 Å². The summed E-state index contributed by atoms with van der Waals surface area (Å²) >= 11 is 0. The van der Waals surface area contributed by atoms with Crippen molar-refractivity contribution in [3.05, 3.63) is 53.6 Å². The molecule has 2 aliphatic heterocycles. The molecule has 1 unspecified atom stereocenters. The molecule has 0 saturated carbocycles. The Kier molecular flexibility index (Phi) is 5.95. The summed E-state index contributed by atoms with van der Waals surface area (Å²) in [4.78, 5) is 14.8. The van der Waals surface area contributed by atoms with Crippen LogP contribution in [0.15, 0.2) is 42.5 Å². The molecule has 0 bridgehead atoms. The number of carbonyl (C=O) groups excluding carboxylic acids is 1. The van der Waals surface area contributed by atoms with Crippen molar-refractivity contribution in [3.63, 3.8) is 0 Å². The van der Waals surface area contributed by atoms with Crippen molar-refractivity contribution in [2.75, 3.05) is 26.7 Å². The Labute approximate surface area is 177 Å². The molecule has 2 aromatic carbocycles. The maximum absolute atomic E-state index is 12.6. The average molecular weight is 436 g/mol. The molecule has 1 fully saturated rings. The van der Waals surface area contributed by atoms with Crippen LogP contribution in [0, 0.1) is 0 Å². The van der Waals surface area contributed by atoms with Gasteiger partial charge in [0, 0.05) is 30.6 Å². The summed E-state index contributed by atoms with van der Waals surface area (Å²) < 4.78 is 52.7. The van der Waals surface area contributed by atoms with E-state index in [2.05, 4.69) is 22.0 Å². The van der Waals surface area contributed by atoms with Crippen LogP contribution in [0.1, 0.15) is 22.3 Å². The first-order valence-corrected chi connectivity index (χ1v) is 10.0. The summed E-state index contributed by atoms with van der Waals surface area (Å²) in [5.41, 5.74) is 1.14. The van der Waals surface area contributed by atoms with Gasteiger partial charge in [0.1, 0.15) is 30.0 Å². The Morgan fingerprint density at radius 1 is 1.19 bits per heavy atom. The Hall–Kier alpha value is -2.94. The van der Waals surface area contributed by atoms with Gasteiger partial charge < -0.3 is 24.4 Å². The minimum absolute atomic E-state index is 0.115. The summed E-state index contributed by atoms with van der Waals surface area (Å²) in [5, 5.41) is 2.88. The number of benzene rings is 2. The molecule has 1 amide bonds. The van der Waals surface area contributed by atoms with E-state index in [1.54, 1.807) is 0 Å². The van der Waals surface area contributed by atoms with Gasteiger partial charge in [0.2, 0.25) is 0 Å². The summed E-state index contributed by atoms with van der Waals surface area (Å²) in [7, 11) is 2.06. The predicted octanol–water partition coefficient (Wildman–Crippen LogP) is 3.40. The number of likely N-dealkylation sites (tertiary alicyclic amines) is 1. The zero-order chi connectivity index (χ0) is 22.0. The fraction of sp³-hybridized carbons (Fsp3) is 0.409. The first kappa shape index (κ1) is 21.3. The van der Waals surface area contributed by atoms with Gasteiger partial charge in [0.15, 0.2) is 0 Å². The molecule has 4 rings (SSSR count). The van der Waals surface area contributed by atoms with Crippen LogP contribution >= 0.6 is 0 Å². The van der Waals surface area contributed by atoms with Gasteiger partial charge in [-0.1, -0.05) is 6.07 Å². The Balaban J connectivity index is 1.40. The first-order valence-electron chi connectivity index (χ1n) is 10.0. The van der Waals surface area contributed by atoms with Gasteiger partial charge in [-0.25, -0.2) is 0 Å². The number of fused-ring (bicyclic) bond motifs is 1. The molecule has 6 nitrogen and oxygen atoms in total. The molecule has 2 aromatic rings. The topological polar surface area (TPSA) is 60.0 Å². The van der Waals surface area contributed by atoms with Gasteiger partial charge in [-0.3, -0.25) is 4.79 Å². The third kappa shape index (κ3) is 5.41. The summed E-state index contributed by atoms with van der Waals surface area (Å²) in [6.45, 7) is 2.14. The monoisotopic (exact) mass is 436 g/mol. The molecule has 31 heavy (non-hydrogen) atoms. The number of amides is 1. The third-order valence-electron chi connectivity index (χ3n) is 5.31. The summed E-state index contributed by atoms with van der Waals surface area (Å²) in [5.74, 6) is 0.721. The maximum Gasteiger partial charge on any atom is 0.573 e. The highest BCUT2D eigenvalue weighted by molar-refractivity contribution is 5.94. The van der Waals surface area contributed by atoms with E-state index in [1.807, 2.05) is 18.2 Å². The van der Waals surface area contributed by atoms with E-state index in [4.69, 9.17) is 9.47 Å². The molecule has 166 valence electrons. The molecule has 2 aliphatic rings. The standard InChI is InChI=1S/C22H23F3N2O4/c1-27-10-9-17(12-27)30-20-4-2-3-19-18(20)11-15(13-29-19)26-21(28)14-5-7-16(8-6-14)31-22(23,24)25/h2-8,15,17H,9-13H2,1H3,(H,26,28)/t15-,17?/m0/s1. The lowest BCUT2D eigenvalue weighted by atomic mass is 10.0. The van der Waals surface area contributed by atoms with Crippen LogP contribution in [0.3, 0.4) is 0 Å². The lowest BCUT2D eigenvalue weighted by molar-refractivity contribution is -0.274. The number of rotatable bonds is 5. The van der Waals surface area contributed by atoms with Crippen LogP contribution < -0.4 is 19.5 Å². The molecule has 1 N–H and O–H groups in total. The number of likely N-dealkylation sites (N-methyl/N-ethyl adjacent to an activating group) is 1. The zero-order valence-corrected chi connectivity index (χ0v) is 16.9. The van der Waals surface area contributed by atoms with E-state index in [1.165, 1.54) is 12.1 Å². The summed E-state index contributed by atoms with van der Waals surface area (Å²) in [6, 6.07) is 10.2. The Morgan fingerprint density at radius 3 is 2.65 bits per heavy atom. The molecule has 1 saturated heterocycles. The minimum Gasteiger partial charge on any atom is -0.491 e. The van der Waals surface area contributed by atoms with E-state index in [9.17, 15) is 18.0 Å². The Morgan fingerprint density at radius 2 is 1.97 bits per heavy atom. The largest absolute Gasteiger partial charge is 0.573 e. The number of nitrogens with one attached hydrogen (secondary N) is 1. The number of hydrogen-bond donors (Lipinski definition) is 1. The van der Waals surface area contributed by atoms with Crippen molar-refractivity contribution in [2.24, 2.45) is 0 Å². The highest BCUT2D eigenvalue weighted by Crippen LogP contribution is 2.34. The SMILES string of the molecule is CN1CCC(Oc2cccc3c2C[C@H](NC(=O)c2ccc(OC(F)(F)F)cc2)CO3)C1. The average Bonchev–Trinajstić information content (AvgIpc) is 3.12. The van der Waals surface area contributed by atoms with Crippen molar-refractivity contribution < 1.29 is 32.2 Å². The quantitative estimate of drug-likeness (QED) is 0.779. The second kappa shape index (κ2) is 8.66. The van der Waals surface area contributed by atoms with Crippen LogP contribution in [0.25, 0.3) is 0 Å². The molecule has 2 atom stereocenters. The fourth-order valence-electron chi connectivity index (χ4n) is 3.83. The van der Waals surface area contributed by atoms with E-state index in [-0.39, 0.29) is 23.5 Å². The zero-order valence-electron chi connectivity index (χ0n) is 16.9. The van der Waals surface area contributed by atoms with Crippen molar-refractivity contribution in [1.82, 2.24) is 10.2 Å². The lowest BCUT2D eigenvalue weighted by Crippen LogP contribution is -2.42. The lowest BCUT2D eigenvalue weighted by Gasteiger charge is -2.28. The van der Waals surface area contributed by atoms with Gasteiger partial charge >= 0.3 is 6.36 Å². The van der Waals surface area contributed by atoms with Crippen molar-refractivity contribution in [2.45, 2.75) is 31.3 Å². The molecular weight excluding hydrogens is 413 g/mol. The smallest absolute Gasteiger partial charge is 0.491 e. The highest BCUT2D eigenvalue weighted by Gasteiger charge is 2.31. The predicted molar refractivity (Wildman–Crippen MR) is 107 cm³/mol. The van der Waals surface area contributed by atoms with E-state index < -0.39 is 12.3 Å². The van der Waals surface area contributed by atoms with Crippen LogP contribution in [0.2, 0.25) is 0 Å². The molecule has 9 heteroatoms. The maximum atomic E-state index is 12.6. The van der Waals surface area contributed by atoms with E-state index in [0.717, 1.165) is 48.7 Å². The number of halogens is 3. The molecule has 0 radical (unpaired) electrons. The van der Waals surface area contributed by atoms with E-state index >= 15 is 0 Å². The minimum atomic E-state index is -4.77. The van der Waals surface area contributed by atoms with Crippen molar-refractivity contribution in [3.8, 4) is 17.2 Å². The van der Waals surface area contributed by atoms with Gasteiger partial charge in [-0.05, 0) is 49.9 Å². The van der Waals surface area contributed by atoms with Crippen molar-refractivity contribution >= 4 is 5.91 Å². The van der Waals surface area contributed by atoms with Crippen LogP contribution in [-0.4, -0.2) is 56.1 Å². The van der Waals surface area contributed by atoms with Crippen LogP contribution in [0.4, 0.5) is 13.2 Å². The molecule has 2 heterocycles. The fourth-order valence-corrected chi connectivity index (χ4v) is 3.83. The highest BCUT2D eigenvalue weighted by atomic mass is 19.4. The van der Waals surface area contributed by atoms with Gasteiger partial charge in [0.25, 0.3) is 5.91 Å². The molecular formula is C22H23F3N2O4. The van der Waals surface area contributed by atoms with E-state index in [0.29, 0.717) is 13.0 Å².